The molecule has 0 atom stereocenters. The number of esters is 1. The molecule has 1 N–H and O–H groups in total. The van der Waals surface area contributed by atoms with Crippen LogP contribution in [-0.4, -0.2) is 31.7 Å². The first-order valence-corrected chi connectivity index (χ1v) is 9.18. The zero-order valence-electron chi connectivity index (χ0n) is 16.6. The lowest BCUT2D eigenvalue weighted by Gasteiger charge is -2.16. The zero-order chi connectivity index (χ0) is 20.8. The lowest BCUT2D eigenvalue weighted by atomic mass is 10.1. The van der Waals surface area contributed by atoms with Gasteiger partial charge in [0, 0.05) is 5.69 Å². The standard InChI is InChI=1S/C21H24ClNO5/c1-12(2)28-20-16(22)9-15(10-17(20)26-5)21(25)27-11-18(24)23-19-13(3)7-6-8-14(19)4/h6-10,12H,11H2,1-5H3,(H,23,24). The van der Waals surface area contributed by atoms with Gasteiger partial charge in [0.2, 0.25) is 0 Å². The third-order valence-electron chi connectivity index (χ3n) is 3.90. The highest BCUT2D eigenvalue weighted by molar-refractivity contribution is 6.32. The van der Waals surface area contributed by atoms with E-state index < -0.39 is 18.5 Å². The Labute approximate surface area is 169 Å². The van der Waals surface area contributed by atoms with Crippen LogP contribution in [0.15, 0.2) is 30.3 Å². The molecule has 2 aromatic carbocycles. The molecule has 0 saturated heterocycles. The number of rotatable bonds is 7. The Morgan fingerprint density at radius 2 is 1.79 bits per heavy atom. The smallest absolute Gasteiger partial charge is 0.338 e. The molecule has 7 heteroatoms. The van der Waals surface area contributed by atoms with Gasteiger partial charge in [0.1, 0.15) is 0 Å². The molecule has 0 aromatic heterocycles. The average molecular weight is 406 g/mol. The molecule has 1 amide bonds. The molecular weight excluding hydrogens is 382 g/mol. The van der Waals surface area contributed by atoms with Gasteiger partial charge in [-0.15, -0.1) is 0 Å². The van der Waals surface area contributed by atoms with Crippen LogP contribution in [0.25, 0.3) is 0 Å². The van der Waals surface area contributed by atoms with Gasteiger partial charge in [0.25, 0.3) is 5.91 Å². The number of anilines is 1. The minimum atomic E-state index is -0.687. The maximum Gasteiger partial charge on any atom is 0.338 e. The number of carbonyl (C=O) groups is 2. The maximum atomic E-state index is 12.3. The van der Waals surface area contributed by atoms with E-state index in [1.807, 2.05) is 45.9 Å². The number of aryl methyl sites for hydroxylation is 2. The summed E-state index contributed by atoms with van der Waals surface area (Å²) < 4.78 is 16.0. The van der Waals surface area contributed by atoms with E-state index in [0.717, 1.165) is 11.1 Å². The number of benzene rings is 2. The highest BCUT2D eigenvalue weighted by Gasteiger charge is 2.19. The quantitative estimate of drug-likeness (QED) is 0.684. The first-order valence-electron chi connectivity index (χ1n) is 8.80. The number of halogens is 1. The van der Waals surface area contributed by atoms with E-state index in [2.05, 4.69) is 5.32 Å². The summed E-state index contributed by atoms with van der Waals surface area (Å²) in [6.45, 7) is 7.07. The predicted octanol–water partition coefficient (Wildman–Crippen LogP) is 4.55. The number of ether oxygens (including phenoxy) is 3. The third-order valence-corrected chi connectivity index (χ3v) is 4.18. The highest BCUT2D eigenvalue weighted by atomic mass is 35.5. The molecular formula is C21H24ClNO5. The van der Waals surface area contributed by atoms with Gasteiger partial charge in [-0.3, -0.25) is 4.79 Å². The third kappa shape index (κ3) is 5.39. The molecule has 0 aliphatic heterocycles. The van der Waals surface area contributed by atoms with Crippen molar-refractivity contribution in [1.82, 2.24) is 0 Å². The van der Waals surface area contributed by atoms with Gasteiger partial charge in [-0.05, 0) is 51.0 Å². The van der Waals surface area contributed by atoms with Crippen LogP contribution in [0, 0.1) is 13.8 Å². The molecule has 0 spiro atoms. The zero-order valence-corrected chi connectivity index (χ0v) is 17.3. The van der Waals surface area contributed by atoms with Crippen LogP contribution in [0.4, 0.5) is 5.69 Å². The summed E-state index contributed by atoms with van der Waals surface area (Å²) in [5, 5.41) is 2.99. The van der Waals surface area contributed by atoms with E-state index in [9.17, 15) is 9.59 Å². The van der Waals surface area contributed by atoms with Crippen LogP contribution in [0.1, 0.15) is 35.3 Å². The van der Waals surface area contributed by atoms with E-state index in [1.54, 1.807) is 0 Å². The van der Waals surface area contributed by atoms with Gasteiger partial charge < -0.3 is 19.5 Å². The van der Waals surface area contributed by atoms with Crippen molar-refractivity contribution < 1.29 is 23.8 Å². The van der Waals surface area contributed by atoms with Crippen molar-refractivity contribution in [2.24, 2.45) is 0 Å². The fraction of sp³-hybridized carbons (Fsp3) is 0.333. The van der Waals surface area contributed by atoms with Crippen molar-refractivity contribution in [3.05, 3.63) is 52.0 Å². The second-order valence-electron chi connectivity index (χ2n) is 6.55. The van der Waals surface area contributed by atoms with Crippen LogP contribution in [0.5, 0.6) is 11.5 Å². The fourth-order valence-electron chi connectivity index (χ4n) is 2.59. The Hall–Kier alpha value is -2.73. The maximum absolute atomic E-state index is 12.3. The summed E-state index contributed by atoms with van der Waals surface area (Å²) in [4.78, 5) is 24.5. The van der Waals surface area contributed by atoms with Gasteiger partial charge in [-0.2, -0.15) is 0 Å². The Morgan fingerprint density at radius 3 is 2.36 bits per heavy atom. The minimum absolute atomic E-state index is 0.113. The van der Waals surface area contributed by atoms with Crippen molar-refractivity contribution in [2.45, 2.75) is 33.8 Å². The molecule has 2 rings (SSSR count). The molecule has 0 radical (unpaired) electrons. The molecule has 150 valence electrons. The van der Waals surface area contributed by atoms with Crippen molar-refractivity contribution in [2.75, 3.05) is 19.0 Å². The Kier molecular flexibility index (Phi) is 7.29. The van der Waals surface area contributed by atoms with Crippen LogP contribution in [0.2, 0.25) is 5.02 Å². The number of amides is 1. The molecule has 28 heavy (non-hydrogen) atoms. The van der Waals surface area contributed by atoms with E-state index in [0.29, 0.717) is 17.2 Å². The number of hydrogen-bond acceptors (Lipinski definition) is 5. The van der Waals surface area contributed by atoms with Gasteiger partial charge in [-0.25, -0.2) is 4.79 Å². The van der Waals surface area contributed by atoms with Crippen molar-refractivity contribution >= 4 is 29.2 Å². The largest absolute Gasteiger partial charge is 0.493 e. The molecule has 0 aliphatic rings. The van der Waals surface area contributed by atoms with Gasteiger partial charge in [0.05, 0.1) is 23.8 Å². The van der Waals surface area contributed by atoms with Crippen LogP contribution in [0.3, 0.4) is 0 Å². The first-order chi connectivity index (χ1) is 13.2. The normalized spacial score (nSPS) is 10.5. The number of carbonyl (C=O) groups excluding carboxylic acids is 2. The van der Waals surface area contributed by atoms with Gasteiger partial charge >= 0.3 is 5.97 Å². The number of para-hydroxylation sites is 1. The number of methoxy groups -OCH3 is 1. The number of hydrogen-bond donors (Lipinski definition) is 1. The Bertz CT molecular complexity index is 859. The van der Waals surface area contributed by atoms with Crippen LogP contribution < -0.4 is 14.8 Å². The molecule has 6 nitrogen and oxygen atoms in total. The number of nitrogens with one attached hydrogen (secondary N) is 1. The Balaban J connectivity index is 2.06. The second-order valence-corrected chi connectivity index (χ2v) is 6.95. The summed E-state index contributed by atoms with van der Waals surface area (Å²) >= 11 is 6.21. The van der Waals surface area contributed by atoms with E-state index in [-0.39, 0.29) is 16.7 Å². The van der Waals surface area contributed by atoms with E-state index in [4.69, 9.17) is 25.8 Å². The second kappa shape index (κ2) is 9.46. The summed E-state index contributed by atoms with van der Waals surface area (Å²) in [5.74, 6) is -0.451. The molecule has 0 aliphatic carbocycles. The summed E-state index contributed by atoms with van der Waals surface area (Å²) in [6, 6.07) is 8.58. The van der Waals surface area contributed by atoms with Crippen LogP contribution >= 0.6 is 11.6 Å². The van der Waals surface area contributed by atoms with E-state index >= 15 is 0 Å². The van der Waals surface area contributed by atoms with Crippen molar-refractivity contribution in [1.29, 1.82) is 0 Å². The minimum Gasteiger partial charge on any atom is -0.493 e. The molecule has 0 saturated carbocycles. The summed E-state index contributed by atoms with van der Waals surface area (Å²) in [5.41, 5.74) is 2.73. The fourth-order valence-corrected chi connectivity index (χ4v) is 2.84. The van der Waals surface area contributed by atoms with Gasteiger partial charge in [0.15, 0.2) is 18.1 Å². The molecule has 0 fully saturated rings. The lowest BCUT2D eigenvalue weighted by Crippen LogP contribution is -2.22. The molecule has 0 unspecified atom stereocenters. The molecule has 0 heterocycles. The van der Waals surface area contributed by atoms with Crippen molar-refractivity contribution in [3.8, 4) is 11.5 Å². The topological polar surface area (TPSA) is 73.9 Å². The summed E-state index contributed by atoms with van der Waals surface area (Å²) in [7, 11) is 1.45. The average Bonchev–Trinajstić information content (AvgIpc) is 2.64. The van der Waals surface area contributed by atoms with Crippen LogP contribution in [-0.2, 0) is 9.53 Å². The first kappa shape index (κ1) is 21.6. The summed E-state index contributed by atoms with van der Waals surface area (Å²) in [6.07, 6.45) is -0.113. The monoisotopic (exact) mass is 405 g/mol. The molecule has 0 bridgehead atoms. The lowest BCUT2D eigenvalue weighted by molar-refractivity contribution is -0.119. The predicted molar refractivity (Wildman–Crippen MR) is 109 cm³/mol. The van der Waals surface area contributed by atoms with Gasteiger partial charge in [-0.1, -0.05) is 29.8 Å². The highest BCUT2D eigenvalue weighted by Crippen LogP contribution is 2.37. The van der Waals surface area contributed by atoms with E-state index in [1.165, 1.54) is 19.2 Å². The SMILES string of the molecule is COc1cc(C(=O)OCC(=O)Nc2c(C)cccc2C)cc(Cl)c1OC(C)C. The Morgan fingerprint density at radius 1 is 1.14 bits per heavy atom. The molecule has 2 aromatic rings. The van der Waals surface area contributed by atoms with Crippen molar-refractivity contribution in [3.63, 3.8) is 0 Å².